The third-order valence-electron chi connectivity index (χ3n) is 2.58. The second-order valence-corrected chi connectivity index (χ2v) is 3.80. The number of aromatic nitrogens is 1. The highest BCUT2D eigenvalue weighted by Gasteiger charge is 2.11. The largest absolute Gasteiger partial charge is 0.503 e. The van der Waals surface area contributed by atoms with E-state index in [0.717, 1.165) is 0 Å². The Morgan fingerprint density at radius 3 is 2.67 bits per heavy atom. The molecule has 1 aromatic carbocycles. The predicted octanol–water partition coefficient (Wildman–Crippen LogP) is 1.76. The van der Waals surface area contributed by atoms with Crippen LogP contribution in [0.25, 0.3) is 5.69 Å². The third kappa shape index (κ3) is 1.95. The lowest BCUT2D eigenvalue weighted by Gasteiger charge is -2.08. The average molecular weight is 246 g/mol. The van der Waals surface area contributed by atoms with E-state index in [9.17, 15) is 20.0 Å². The van der Waals surface area contributed by atoms with Gasteiger partial charge in [0, 0.05) is 18.3 Å². The van der Waals surface area contributed by atoms with Crippen LogP contribution in [-0.2, 0) is 0 Å². The van der Waals surface area contributed by atoms with Crippen molar-refractivity contribution in [2.24, 2.45) is 0 Å². The van der Waals surface area contributed by atoms with Crippen LogP contribution in [0.3, 0.4) is 0 Å². The molecule has 2 aromatic rings. The first-order chi connectivity index (χ1) is 8.50. The molecule has 0 saturated heterocycles. The van der Waals surface area contributed by atoms with Gasteiger partial charge in [0.25, 0.3) is 11.2 Å². The number of benzene rings is 1. The van der Waals surface area contributed by atoms with Crippen molar-refractivity contribution >= 4 is 5.69 Å². The molecule has 0 amide bonds. The molecule has 6 nitrogen and oxygen atoms in total. The van der Waals surface area contributed by atoms with Crippen molar-refractivity contribution in [1.82, 2.24) is 4.57 Å². The van der Waals surface area contributed by atoms with E-state index in [1.54, 1.807) is 6.92 Å². The summed E-state index contributed by atoms with van der Waals surface area (Å²) in [5, 5.41) is 20.0. The molecule has 0 bridgehead atoms. The summed E-state index contributed by atoms with van der Waals surface area (Å²) in [6.45, 7) is 1.67. The number of hydrogen-bond acceptors (Lipinski definition) is 4. The van der Waals surface area contributed by atoms with Crippen molar-refractivity contribution in [2.75, 3.05) is 0 Å². The summed E-state index contributed by atoms with van der Waals surface area (Å²) in [7, 11) is 0. The van der Waals surface area contributed by atoms with Gasteiger partial charge in [-0.3, -0.25) is 19.5 Å². The van der Waals surface area contributed by atoms with Crippen LogP contribution < -0.4 is 5.56 Å². The van der Waals surface area contributed by atoms with E-state index in [1.165, 1.54) is 41.1 Å². The smallest absolute Gasteiger partial charge is 0.297 e. The van der Waals surface area contributed by atoms with Crippen molar-refractivity contribution in [2.45, 2.75) is 6.92 Å². The number of nitro benzene ring substituents is 1. The fourth-order valence-corrected chi connectivity index (χ4v) is 1.70. The minimum Gasteiger partial charge on any atom is -0.503 e. The normalized spacial score (nSPS) is 10.3. The van der Waals surface area contributed by atoms with Gasteiger partial charge in [-0.2, -0.15) is 0 Å². The lowest BCUT2D eigenvalue weighted by Crippen LogP contribution is -2.17. The van der Waals surface area contributed by atoms with E-state index in [4.69, 9.17) is 0 Å². The fraction of sp³-hybridized carbons (Fsp3) is 0.0833. The zero-order valence-electron chi connectivity index (χ0n) is 9.53. The maximum absolute atomic E-state index is 11.7. The van der Waals surface area contributed by atoms with E-state index < -0.39 is 10.5 Å². The zero-order chi connectivity index (χ0) is 13.3. The molecule has 0 radical (unpaired) electrons. The fourth-order valence-electron chi connectivity index (χ4n) is 1.70. The topological polar surface area (TPSA) is 85.4 Å². The Morgan fingerprint density at radius 2 is 2.06 bits per heavy atom. The molecular formula is C12H10N2O4. The minimum atomic E-state index is -0.561. The molecule has 0 spiro atoms. The van der Waals surface area contributed by atoms with Gasteiger partial charge in [-0.15, -0.1) is 0 Å². The Morgan fingerprint density at radius 1 is 1.33 bits per heavy atom. The van der Waals surface area contributed by atoms with Gasteiger partial charge in [0.1, 0.15) is 0 Å². The predicted molar refractivity (Wildman–Crippen MR) is 65.1 cm³/mol. The van der Waals surface area contributed by atoms with Gasteiger partial charge in [0.2, 0.25) is 0 Å². The van der Waals surface area contributed by atoms with Crippen LogP contribution in [-0.4, -0.2) is 14.6 Å². The molecule has 6 heteroatoms. The first-order valence-corrected chi connectivity index (χ1v) is 5.17. The third-order valence-corrected chi connectivity index (χ3v) is 2.58. The van der Waals surface area contributed by atoms with Crippen LogP contribution in [0.4, 0.5) is 5.69 Å². The molecule has 0 aliphatic heterocycles. The first kappa shape index (κ1) is 11.8. The number of aromatic hydroxyl groups is 1. The van der Waals surface area contributed by atoms with Crippen LogP contribution in [0.2, 0.25) is 0 Å². The number of nitrogens with zero attached hydrogens (tertiary/aromatic N) is 2. The van der Waals surface area contributed by atoms with Crippen molar-refractivity contribution in [3.63, 3.8) is 0 Å². The summed E-state index contributed by atoms with van der Waals surface area (Å²) < 4.78 is 1.24. The van der Waals surface area contributed by atoms with Crippen molar-refractivity contribution in [1.29, 1.82) is 0 Å². The summed E-state index contributed by atoms with van der Waals surface area (Å²) >= 11 is 0. The number of hydrogen-bond donors (Lipinski definition) is 1. The maximum Gasteiger partial charge on any atom is 0.297 e. The SMILES string of the molecule is Cc1cc([N+](=O)[O-])ccc1-n1cccc(O)c1=O. The van der Waals surface area contributed by atoms with E-state index in [0.29, 0.717) is 11.3 Å². The molecule has 0 atom stereocenters. The van der Waals surface area contributed by atoms with Gasteiger partial charge in [0.15, 0.2) is 5.75 Å². The summed E-state index contributed by atoms with van der Waals surface area (Å²) in [5.74, 6) is -0.366. The zero-order valence-corrected chi connectivity index (χ0v) is 9.53. The Balaban J connectivity index is 2.62. The monoisotopic (exact) mass is 246 g/mol. The summed E-state index contributed by atoms with van der Waals surface area (Å²) in [5.41, 5.74) is 0.484. The molecule has 0 unspecified atom stereocenters. The lowest BCUT2D eigenvalue weighted by atomic mass is 10.1. The van der Waals surface area contributed by atoms with E-state index >= 15 is 0 Å². The van der Waals surface area contributed by atoms with Crippen molar-refractivity contribution in [3.8, 4) is 11.4 Å². The molecule has 0 saturated carbocycles. The standard InChI is InChI=1S/C12H10N2O4/c1-8-7-9(14(17)18)4-5-10(8)13-6-2-3-11(15)12(13)16/h2-7,15H,1H3. The van der Waals surface area contributed by atoms with Gasteiger partial charge in [0.05, 0.1) is 10.6 Å². The maximum atomic E-state index is 11.7. The second-order valence-electron chi connectivity index (χ2n) is 3.80. The number of aryl methyl sites for hydroxylation is 1. The number of pyridine rings is 1. The Hall–Kier alpha value is -2.63. The highest BCUT2D eigenvalue weighted by molar-refractivity contribution is 5.48. The summed E-state index contributed by atoms with van der Waals surface area (Å²) in [6.07, 6.45) is 1.50. The van der Waals surface area contributed by atoms with Crippen molar-refractivity contribution in [3.05, 3.63) is 62.6 Å². The molecule has 1 aromatic heterocycles. The van der Waals surface area contributed by atoms with Crippen LogP contribution in [0.1, 0.15) is 5.56 Å². The molecule has 0 aliphatic carbocycles. The van der Waals surface area contributed by atoms with Crippen LogP contribution in [0, 0.1) is 17.0 Å². The van der Waals surface area contributed by atoms with Crippen molar-refractivity contribution < 1.29 is 10.0 Å². The average Bonchev–Trinajstić information content (AvgIpc) is 2.33. The Bertz CT molecular complexity index is 676. The molecule has 0 aliphatic rings. The van der Waals surface area contributed by atoms with Gasteiger partial charge >= 0.3 is 0 Å². The lowest BCUT2D eigenvalue weighted by molar-refractivity contribution is -0.384. The molecular weight excluding hydrogens is 236 g/mol. The molecule has 1 heterocycles. The first-order valence-electron chi connectivity index (χ1n) is 5.17. The Kier molecular flexibility index (Phi) is 2.85. The van der Waals surface area contributed by atoms with Gasteiger partial charge < -0.3 is 5.11 Å². The number of rotatable bonds is 2. The van der Waals surface area contributed by atoms with Gasteiger partial charge in [-0.05, 0) is 30.7 Å². The van der Waals surface area contributed by atoms with Crippen LogP contribution in [0.5, 0.6) is 5.75 Å². The minimum absolute atomic E-state index is 0.0375. The molecule has 18 heavy (non-hydrogen) atoms. The molecule has 92 valence electrons. The molecule has 1 N–H and O–H groups in total. The van der Waals surface area contributed by atoms with Gasteiger partial charge in [-0.25, -0.2) is 0 Å². The van der Waals surface area contributed by atoms with Crippen LogP contribution in [0.15, 0.2) is 41.3 Å². The quantitative estimate of drug-likeness (QED) is 0.646. The van der Waals surface area contributed by atoms with E-state index in [-0.39, 0.29) is 11.4 Å². The molecule has 0 fully saturated rings. The van der Waals surface area contributed by atoms with E-state index in [2.05, 4.69) is 0 Å². The van der Waals surface area contributed by atoms with E-state index in [1.807, 2.05) is 0 Å². The van der Waals surface area contributed by atoms with Crippen LogP contribution >= 0.6 is 0 Å². The summed E-state index contributed by atoms with van der Waals surface area (Å²) in [4.78, 5) is 21.8. The number of nitro groups is 1. The Labute approximate surface area is 102 Å². The highest BCUT2D eigenvalue weighted by Crippen LogP contribution is 2.19. The summed E-state index contributed by atoms with van der Waals surface area (Å²) in [6, 6.07) is 7.00. The number of non-ortho nitro benzene ring substituents is 1. The van der Waals surface area contributed by atoms with Gasteiger partial charge in [-0.1, -0.05) is 0 Å². The highest BCUT2D eigenvalue weighted by atomic mass is 16.6. The molecule has 2 rings (SSSR count). The second kappa shape index (κ2) is 4.33.